The Bertz CT molecular complexity index is 325. The van der Waals surface area contributed by atoms with Crippen molar-refractivity contribution in [2.75, 3.05) is 6.61 Å². The first-order valence-electron chi connectivity index (χ1n) is 9.07. The molecule has 4 heteroatoms. The minimum Gasteiger partial charge on any atom is -0.478 e. The standard InChI is InChI=1S/C19H34O4/c1-17(16-21)10-7-5-3-2-4-6-8-11-18(12-9-15-20)13-14-19(22)23/h13-14,16-18,20H,2-12,15H2,1H3,(H,22,23)/b14-13+/t17-,18-/m0/s1. The van der Waals surface area contributed by atoms with Crippen molar-refractivity contribution in [3.8, 4) is 0 Å². The number of aliphatic hydroxyl groups is 1. The Morgan fingerprint density at radius 1 is 0.913 bits per heavy atom. The molecule has 0 aromatic carbocycles. The molecule has 134 valence electrons. The number of unbranched alkanes of at least 4 members (excludes halogenated alkanes) is 6. The van der Waals surface area contributed by atoms with E-state index in [0.717, 1.165) is 44.8 Å². The highest BCUT2D eigenvalue weighted by Crippen LogP contribution is 2.18. The van der Waals surface area contributed by atoms with Gasteiger partial charge in [-0.3, -0.25) is 0 Å². The second-order valence-electron chi connectivity index (χ2n) is 6.49. The topological polar surface area (TPSA) is 74.6 Å². The number of rotatable bonds is 16. The van der Waals surface area contributed by atoms with Gasteiger partial charge in [0.05, 0.1) is 0 Å². The zero-order valence-electron chi connectivity index (χ0n) is 14.6. The quantitative estimate of drug-likeness (QED) is 0.251. The van der Waals surface area contributed by atoms with Crippen molar-refractivity contribution in [2.45, 2.75) is 77.6 Å². The maximum Gasteiger partial charge on any atom is 0.327 e. The summed E-state index contributed by atoms with van der Waals surface area (Å²) in [5.41, 5.74) is 0. The Hall–Kier alpha value is -1.16. The molecule has 0 unspecified atom stereocenters. The maximum absolute atomic E-state index is 10.6. The lowest BCUT2D eigenvalue weighted by molar-refractivity contribution is -0.131. The number of carbonyl (C=O) groups excluding carboxylic acids is 1. The highest BCUT2D eigenvalue weighted by Gasteiger charge is 2.05. The van der Waals surface area contributed by atoms with Crippen molar-refractivity contribution in [3.05, 3.63) is 12.2 Å². The SMILES string of the molecule is C[C@H](C=O)CCCCCCCCC[C@H](/C=C/C(=O)O)CCCO. The molecule has 0 rings (SSSR count). The predicted octanol–water partition coefficient (Wildman–Crippen LogP) is 4.36. The van der Waals surface area contributed by atoms with E-state index < -0.39 is 5.97 Å². The Morgan fingerprint density at radius 2 is 1.43 bits per heavy atom. The van der Waals surface area contributed by atoms with Gasteiger partial charge in [-0.2, -0.15) is 0 Å². The Morgan fingerprint density at radius 3 is 1.96 bits per heavy atom. The van der Waals surface area contributed by atoms with Gasteiger partial charge in [-0.25, -0.2) is 4.79 Å². The largest absolute Gasteiger partial charge is 0.478 e. The molecule has 0 aliphatic rings. The molecule has 23 heavy (non-hydrogen) atoms. The summed E-state index contributed by atoms with van der Waals surface area (Å²) < 4.78 is 0. The monoisotopic (exact) mass is 326 g/mol. The number of hydrogen-bond acceptors (Lipinski definition) is 3. The van der Waals surface area contributed by atoms with Gasteiger partial charge >= 0.3 is 5.97 Å². The van der Waals surface area contributed by atoms with E-state index >= 15 is 0 Å². The molecule has 0 aromatic heterocycles. The molecule has 0 fully saturated rings. The lowest BCUT2D eigenvalue weighted by Crippen LogP contribution is -2.00. The van der Waals surface area contributed by atoms with Gasteiger partial charge in [0.25, 0.3) is 0 Å². The molecule has 0 bridgehead atoms. The summed E-state index contributed by atoms with van der Waals surface area (Å²) >= 11 is 0. The van der Waals surface area contributed by atoms with E-state index in [1.807, 2.05) is 6.92 Å². The fourth-order valence-electron chi connectivity index (χ4n) is 2.73. The third kappa shape index (κ3) is 15.5. The van der Waals surface area contributed by atoms with Gasteiger partial charge in [-0.05, 0) is 31.6 Å². The summed E-state index contributed by atoms with van der Waals surface area (Å²) in [5.74, 6) is -0.435. The summed E-state index contributed by atoms with van der Waals surface area (Å²) in [7, 11) is 0. The van der Waals surface area contributed by atoms with E-state index in [1.54, 1.807) is 6.08 Å². The van der Waals surface area contributed by atoms with Crippen LogP contribution in [0.2, 0.25) is 0 Å². The number of carboxylic acid groups (broad SMARTS) is 1. The molecule has 0 aromatic rings. The number of carboxylic acids is 1. The van der Waals surface area contributed by atoms with Crippen LogP contribution in [0, 0.1) is 11.8 Å². The molecular weight excluding hydrogens is 292 g/mol. The van der Waals surface area contributed by atoms with Gasteiger partial charge in [0.1, 0.15) is 6.29 Å². The molecule has 4 nitrogen and oxygen atoms in total. The van der Waals surface area contributed by atoms with E-state index in [4.69, 9.17) is 10.2 Å². The van der Waals surface area contributed by atoms with Gasteiger partial charge in [0.2, 0.25) is 0 Å². The number of aliphatic hydroxyl groups excluding tert-OH is 1. The van der Waals surface area contributed by atoms with Crippen LogP contribution in [0.3, 0.4) is 0 Å². The minimum atomic E-state index is -0.900. The molecule has 2 N–H and O–H groups in total. The van der Waals surface area contributed by atoms with E-state index in [2.05, 4.69) is 0 Å². The third-order valence-electron chi connectivity index (χ3n) is 4.21. The molecule has 0 saturated carbocycles. The number of aldehydes is 1. The summed E-state index contributed by atoms with van der Waals surface area (Å²) in [6, 6.07) is 0. The fraction of sp³-hybridized carbons (Fsp3) is 0.789. The second-order valence-corrected chi connectivity index (χ2v) is 6.49. The van der Waals surface area contributed by atoms with Crippen LogP contribution < -0.4 is 0 Å². The highest BCUT2D eigenvalue weighted by atomic mass is 16.4. The summed E-state index contributed by atoms with van der Waals surface area (Å²) in [6.45, 7) is 2.14. The minimum absolute atomic E-state index is 0.167. The summed E-state index contributed by atoms with van der Waals surface area (Å²) in [4.78, 5) is 21.1. The Kier molecular flexibility index (Phi) is 14.9. The van der Waals surface area contributed by atoms with Crippen LogP contribution in [0.15, 0.2) is 12.2 Å². The normalized spacial score (nSPS) is 14.0. The van der Waals surface area contributed by atoms with E-state index in [1.165, 1.54) is 38.2 Å². The first-order valence-corrected chi connectivity index (χ1v) is 9.07. The molecule has 0 saturated heterocycles. The molecule has 0 aliphatic carbocycles. The van der Waals surface area contributed by atoms with Crippen molar-refractivity contribution in [1.29, 1.82) is 0 Å². The molecule has 0 amide bonds. The molecule has 0 radical (unpaired) electrons. The van der Waals surface area contributed by atoms with E-state index in [9.17, 15) is 9.59 Å². The molecule has 0 heterocycles. The van der Waals surface area contributed by atoms with Gasteiger partial charge in [0.15, 0.2) is 0 Å². The van der Waals surface area contributed by atoms with Gasteiger partial charge in [-0.1, -0.05) is 57.9 Å². The van der Waals surface area contributed by atoms with Crippen LogP contribution in [0.4, 0.5) is 0 Å². The van der Waals surface area contributed by atoms with Crippen LogP contribution >= 0.6 is 0 Å². The van der Waals surface area contributed by atoms with Crippen LogP contribution in [-0.4, -0.2) is 29.1 Å². The first kappa shape index (κ1) is 21.8. The average molecular weight is 326 g/mol. The zero-order valence-corrected chi connectivity index (χ0v) is 14.6. The maximum atomic E-state index is 10.6. The van der Waals surface area contributed by atoms with Crippen molar-refractivity contribution in [3.63, 3.8) is 0 Å². The number of hydrogen-bond donors (Lipinski definition) is 2. The van der Waals surface area contributed by atoms with Crippen LogP contribution in [0.5, 0.6) is 0 Å². The average Bonchev–Trinajstić information content (AvgIpc) is 2.54. The summed E-state index contributed by atoms with van der Waals surface area (Å²) in [5, 5.41) is 17.6. The van der Waals surface area contributed by atoms with Crippen molar-refractivity contribution >= 4 is 12.3 Å². The first-order chi connectivity index (χ1) is 11.1. The zero-order chi connectivity index (χ0) is 17.3. The Labute approximate surface area is 141 Å². The van der Waals surface area contributed by atoms with Crippen LogP contribution in [0.25, 0.3) is 0 Å². The van der Waals surface area contributed by atoms with Crippen molar-refractivity contribution in [1.82, 2.24) is 0 Å². The molecule has 0 aliphatic heterocycles. The third-order valence-corrected chi connectivity index (χ3v) is 4.21. The highest BCUT2D eigenvalue weighted by molar-refractivity contribution is 5.79. The lowest BCUT2D eigenvalue weighted by Gasteiger charge is -2.11. The van der Waals surface area contributed by atoms with E-state index in [0.29, 0.717) is 0 Å². The smallest absolute Gasteiger partial charge is 0.327 e. The van der Waals surface area contributed by atoms with Crippen LogP contribution in [0.1, 0.15) is 77.6 Å². The lowest BCUT2D eigenvalue weighted by atomic mass is 9.95. The predicted molar refractivity (Wildman–Crippen MR) is 93.4 cm³/mol. The number of aliphatic carboxylic acids is 1. The van der Waals surface area contributed by atoms with Crippen molar-refractivity contribution < 1.29 is 19.8 Å². The molecule has 0 spiro atoms. The Balaban J connectivity index is 3.61. The van der Waals surface area contributed by atoms with Gasteiger partial charge < -0.3 is 15.0 Å². The molecule has 2 atom stereocenters. The van der Waals surface area contributed by atoms with Crippen molar-refractivity contribution in [2.24, 2.45) is 11.8 Å². The van der Waals surface area contributed by atoms with Gasteiger partial charge in [-0.15, -0.1) is 0 Å². The number of carbonyl (C=O) groups is 2. The summed E-state index contributed by atoms with van der Waals surface area (Å²) in [6.07, 6.45) is 16.0. The van der Waals surface area contributed by atoms with E-state index in [-0.39, 0.29) is 18.4 Å². The van der Waals surface area contributed by atoms with Gasteiger partial charge in [0, 0.05) is 18.6 Å². The number of allylic oxidation sites excluding steroid dienone is 1. The fourth-order valence-corrected chi connectivity index (χ4v) is 2.73. The second kappa shape index (κ2) is 15.7. The van der Waals surface area contributed by atoms with Crippen LogP contribution in [-0.2, 0) is 9.59 Å². The molecular formula is C19H34O4.